The van der Waals surface area contributed by atoms with Gasteiger partial charge in [-0.05, 0) is 6.92 Å². The molecule has 0 spiro atoms. The van der Waals surface area contributed by atoms with Crippen molar-refractivity contribution in [3.63, 3.8) is 0 Å². The molecule has 0 rings (SSSR count). The molecule has 30 valence electrons. The number of hydrogen-bond acceptors (Lipinski definition) is 1. The first-order valence-electron chi connectivity index (χ1n) is 0.928. The average Bonchev–Trinajstić information content (AvgIpc) is 0.811. The highest BCUT2D eigenvalue weighted by molar-refractivity contribution is 8.11. The van der Waals surface area contributed by atoms with Gasteiger partial charge < -0.3 is 0 Å². The predicted molar refractivity (Wildman–Crippen MR) is 33.7 cm³/mol. The molecule has 0 saturated carbocycles. The van der Waals surface area contributed by atoms with Crippen molar-refractivity contribution >= 4 is 29.0 Å². The van der Waals surface area contributed by atoms with Crippen LogP contribution in [-0.2, 0) is 0 Å². The topological polar surface area (TPSA) is 0 Å². The predicted octanol–water partition coefficient (Wildman–Crippen LogP) is 1.71. The van der Waals surface area contributed by atoms with Crippen molar-refractivity contribution in [1.82, 2.24) is 0 Å². The molecule has 0 aromatic heterocycles. The lowest BCUT2D eigenvalue weighted by atomic mass is 11.0. The maximum Gasteiger partial charge on any atom is 0.0467 e. The second-order valence-electron chi connectivity index (χ2n) is 0.519. The van der Waals surface area contributed by atoms with E-state index in [4.69, 9.17) is 0 Å². The van der Waals surface area contributed by atoms with Crippen LogP contribution in [0.25, 0.3) is 0 Å². The van der Waals surface area contributed by atoms with Gasteiger partial charge in [0.15, 0.2) is 0 Å². The second-order valence-corrected chi connectivity index (χ2v) is 2.10. The molecule has 0 aliphatic carbocycles. The van der Waals surface area contributed by atoms with E-state index in [0.717, 1.165) is 0 Å². The third-order valence-corrected chi connectivity index (χ3v) is 0. The molecule has 0 aliphatic rings. The lowest BCUT2D eigenvalue weighted by molar-refractivity contribution is 2.12. The lowest BCUT2D eigenvalue weighted by Crippen LogP contribution is -1.55. The molecule has 0 saturated heterocycles. The Bertz CT molecular complexity index is 27.9. The van der Waals surface area contributed by atoms with Gasteiger partial charge in [-0.15, -0.1) is 12.6 Å². The first-order chi connectivity index (χ1) is 1.73. The van der Waals surface area contributed by atoms with Crippen molar-refractivity contribution < 1.29 is 0 Å². The quantitative estimate of drug-likeness (QED) is 0.279. The smallest absolute Gasteiger partial charge is 0.0467 e. The zero-order valence-corrected chi connectivity index (χ0v) is 5.07. The van der Waals surface area contributed by atoms with Crippen LogP contribution in [0.1, 0.15) is 6.92 Å². The zero-order chi connectivity index (χ0) is 3.58. The number of thiocarbonyl (C=S) groups is 1. The minimum Gasteiger partial charge on any atom is -0.137 e. The van der Waals surface area contributed by atoms with Crippen LogP contribution in [0.15, 0.2) is 0 Å². The summed E-state index contributed by atoms with van der Waals surface area (Å²) in [6.45, 7) is 1.76. The van der Waals surface area contributed by atoms with Crippen LogP contribution in [0.3, 0.4) is 0 Å². The zero-order valence-electron chi connectivity index (χ0n) is 3.36. The summed E-state index contributed by atoms with van der Waals surface area (Å²) in [4.78, 5) is 0. The summed E-state index contributed by atoms with van der Waals surface area (Å²) in [5.41, 5.74) is 0. The fraction of sp³-hybridized carbons (Fsp3) is 0.333. The van der Waals surface area contributed by atoms with Gasteiger partial charge >= 0.3 is 0 Å². The van der Waals surface area contributed by atoms with E-state index < -0.39 is 0 Å². The Morgan fingerprint density at radius 3 is 1.80 bits per heavy atom. The summed E-state index contributed by atoms with van der Waals surface area (Å²) < 4.78 is 0.694. The molecular formula is C3H7S2+. The molecule has 0 fully saturated rings. The summed E-state index contributed by atoms with van der Waals surface area (Å²) in [5.74, 6) is 0. The summed E-state index contributed by atoms with van der Waals surface area (Å²) in [7, 11) is 0. The minimum atomic E-state index is 0. The van der Waals surface area contributed by atoms with Crippen LogP contribution in [0.4, 0.5) is 0 Å². The Balaban J connectivity index is 0. The van der Waals surface area contributed by atoms with Crippen LogP contribution >= 0.6 is 24.8 Å². The molecule has 0 amide bonds. The van der Waals surface area contributed by atoms with E-state index in [1.807, 2.05) is 0 Å². The molecule has 0 radical (unpaired) electrons. The number of thiol groups is 1. The van der Waals surface area contributed by atoms with E-state index >= 15 is 0 Å². The molecule has 2 heteroatoms. The van der Waals surface area contributed by atoms with E-state index in [9.17, 15) is 0 Å². The van der Waals surface area contributed by atoms with E-state index in [1.54, 1.807) is 6.92 Å². The molecule has 0 nitrogen and oxygen atoms in total. The Morgan fingerprint density at radius 1 is 1.80 bits per heavy atom. The number of hydrogen-bond donors (Lipinski definition) is 1. The van der Waals surface area contributed by atoms with Gasteiger partial charge in [0.2, 0.25) is 0 Å². The van der Waals surface area contributed by atoms with Crippen LogP contribution in [0.5, 0.6) is 0 Å². The maximum absolute atomic E-state index is 4.40. The highest BCUT2D eigenvalue weighted by atomic mass is 32.1. The maximum atomic E-state index is 4.40. The standard InChI is InChI=1S/C2H4S2.CH3/c1-2(3)4;/h1H3,(H,3,4);1H3/q;+1. The highest BCUT2D eigenvalue weighted by Gasteiger charge is 1.56. The molecule has 0 N–H and O–H groups in total. The van der Waals surface area contributed by atoms with Crippen molar-refractivity contribution in [3.8, 4) is 0 Å². The summed E-state index contributed by atoms with van der Waals surface area (Å²) >= 11 is 8.10. The van der Waals surface area contributed by atoms with Gasteiger partial charge in [-0.25, -0.2) is 0 Å². The van der Waals surface area contributed by atoms with Gasteiger partial charge in [0, 0.05) is 11.6 Å². The third kappa shape index (κ3) is 239. The SMILES string of the molecule is CC(=S)S.[CH3+]. The Morgan fingerprint density at radius 2 is 1.80 bits per heavy atom. The van der Waals surface area contributed by atoms with Crippen LogP contribution < -0.4 is 0 Å². The van der Waals surface area contributed by atoms with E-state index in [-0.39, 0.29) is 7.43 Å². The summed E-state index contributed by atoms with van der Waals surface area (Å²) in [6, 6.07) is 0. The summed E-state index contributed by atoms with van der Waals surface area (Å²) in [5, 5.41) is 0. The molecule has 0 bridgehead atoms. The van der Waals surface area contributed by atoms with Gasteiger partial charge in [-0.3, -0.25) is 0 Å². The van der Waals surface area contributed by atoms with Gasteiger partial charge in [0.25, 0.3) is 0 Å². The third-order valence-electron chi connectivity index (χ3n) is 0. The van der Waals surface area contributed by atoms with E-state index in [1.165, 1.54) is 0 Å². The van der Waals surface area contributed by atoms with E-state index in [2.05, 4.69) is 24.8 Å². The monoisotopic (exact) mass is 107 g/mol. The van der Waals surface area contributed by atoms with Gasteiger partial charge in [-0.2, -0.15) is 0 Å². The Kier molecular flexibility index (Phi) is 7.76. The first kappa shape index (κ1) is 9.00. The van der Waals surface area contributed by atoms with Crippen molar-refractivity contribution in [2.45, 2.75) is 6.92 Å². The molecule has 0 heterocycles. The lowest BCUT2D eigenvalue weighted by Gasteiger charge is -1.60. The minimum absolute atomic E-state index is 0. The fourth-order valence-electron chi connectivity index (χ4n) is 0. The summed E-state index contributed by atoms with van der Waals surface area (Å²) in [6.07, 6.45) is 0. The van der Waals surface area contributed by atoms with Crippen molar-refractivity contribution in [1.29, 1.82) is 0 Å². The fourth-order valence-corrected chi connectivity index (χ4v) is 0. The van der Waals surface area contributed by atoms with Crippen molar-refractivity contribution in [3.05, 3.63) is 7.43 Å². The Hall–Kier alpha value is 0.310. The molecule has 0 aliphatic heterocycles. The highest BCUT2D eigenvalue weighted by Crippen LogP contribution is 1.73. The van der Waals surface area contributed by atoms with Gasteiger partial charge in [-0.1, -0.05) is 12.2 Å². The normalized spacial score (nSPS) is 5.20. The van der Waals surface area contributed by atoms with Crippen molar-refractivity contribution in [2.24, 2.45) is 0 Å². The molecule has 0 unspecified atom stereocenters. The molecule has 5 heavy (non-hydrogen) atoms. The number of rotatable bonds is 0. The Labute approximate surface area is 44.0 Å². The first-order valence-corrected chi connectivity index (χ1v) is 1.78. The van der Waals surface area contributed by atoms with Crippen LogP contribution in [-0.4, -0.2) is 4.20 Å². The van der Waals surface area contributed by atoms with Crippen molar-refractivity contribution in [2.75, 3.05) is 0 Å². The molecule has 0 atom stereocenters. The molecule has 0 aromatic rings. The largest absolute Gasteiger partial charge is 0.137 e. The average molecular weight is 107 g/mol. The van der Waals surface area contributed by atoms with Crippen LogP contribution in [0.2, 0.25) is 0 Å². The second kappa shape index (κ2) is 4.31. The van der Waals surface area contributed by atoms with Gasteiger partial charge in [0.1, 0.15) is 0 Å². The molecular weight excluding hydrogens is 100 g/mol. The molecule has 0 aromatic carbocycles. The van der Waals surface area contributed by atoms with E-state index in [0.29, 0.717) is 4.20 Å². The van der Waals surface area contributed by atoms with Gasteiger partial charge in [0.05, 0.1) is 0 Å². The van der Waals surface area contributed by atoms with Crippen LogP contribution in [0, 0.1) is 7.43 Å².